The van der Waals surface area contributed by atoms with Crippen molar-refractivity contribution in [3.8, 4) is 0 Å². The van der Waals surface area contributed by atoms with Gasteiger partial charge in [0, 0.05) is 25.7 Å². The number of aliphatic hydroxyl groups is 1. The van der Waals surface area contributed by atoms with Crippen LogP contribution in [0, 0.1) is 0 Å². The molecule has 0 saturated carbocycles. The van der Waals surface area contributed by atoms with Gasteiger partial charge in [-0.05, 0) is 25.7 Å². The first-order chi connectivity index (χ1) is 36.2. The number of carboxylic acid groups (broad SMARTS) is 3. The van der Waals surface area contributed by atoms with E-state index in [4.69, 9.17) is 18.9 Å². The SMILES string of the molecule is CCCCCCCCCCCCCC(=O)N[C@H]1[C@@H](OC(CC(=O)O)CC(=O)O)O[C@H](COC(=O)[C@H](CCC(=O)O)NC(=O)CCCCCCCCCCCCC)[C@@H](O)[C@@H]1OC(=O)CCCCCCCCCCCCC. The zero-order valence-electron chi connectivity index (χ0n) is 46.8. The molecule has 2 amide bonds. The quantitative estimate of drug-likeness (QED) is 0.0244. The van der Waals surface area contributed by atoms with Crippen LogP contribution in [0.3, 0.4) is 0 Å². The Morgan fingerprint density at radius 1 is 0.493 bits per heavy atom. The molecule has 0 aliphatic carbocycles. The van der Waals surface area contributed by atoms with Crippen molar-refractivity contribution in [3.63, 3.8) is 0 Å². The van der Waals surface area contributed by atoms with Crippen molar-refractivity contribution in [2.24, 2.45) is 0 Å². The minimum atomic E-state index is -1.77. The zero-order valence-corrected chi connectivity index (χ0v) is 46.8. The molecule has 6 atom stereocenters. The fraction of sp³-hybridized carbons (Fsp3) is 0.879. The lowest BCUT2D eigenvalue weighted by atomic mass is 9.95. The van der Waals surface area contributed by atoms with Gasteiger partial charge < -0.3 is 50.0 Å². The van der Waals surface area contributed by atoms with Gasteiger partial charge in [0.2, 0.25) is 11.8 Å². The third kappa shape index (κ3) is 37.6. The highest BCUT2D eigenvalue weighted by molar-refractivity contribution is 5.85. The molecule has 1 fully saturated rings. The Morgan fingerprint density at radius 2 is 0.880 bits per heavy atom. The summed E-state index contributed by atoms with van der Waals surface area (Å²) in [6, 6.07) is -2.82. The molecule has 1 rings (SSSR count). The molecule has 0 aromatic heterocycles. The molecule has 6 N–H and O–H groups in total. The number of hydrogen-bond donors (Lipinski definition) is 6. The molecular weight excluding hydrogens is 965 g/mol. The van der Waals surface area contributed by atoms with Gasteiger partial charge in [0.25, 0.3) is 0 Å². The zero-order chi connectivity index (χ0) is 55.3. The summed E-state index contributed by atoms with van der Waals surface area (Å²) in [5, 5.41) is 46.1. The van der Waals surface area contributed by atoms with Crippen molar-refractivity contribution < 1.29 is 72.9 Å². The number of hydrogen-bond acceptors (Lipinski definition) is 12. The van der Waals surface area contributed by atoms with Crippen molar-refractivity contribution in [3.05, 3.63) is 0 Å². The monoisotopic (exact) mass is 1070 g/mol. The molecule has 0 aromatic carbocycles. The normalized spacial score (nSPS) is 17.9. The summed E-state index contributed by atoms with van der Waals surface area (Å²) in [7, 11) is 0. The van der Waals surface area contributed by atoms with Crippen LogP contribution in [0.5, 0.6) is 0 Å². The average molecular weight is 1070 g/mol. The average Bonchev–Trinajstić information content (AvgIpc) is 3.36. The smallest absolute Gasteiger partial charge is 0.328 e. The molecule has 17 nitrogen and oxygen atoms in total. The fourth-order valence-electron chi connectivity index (χ4n) is 9.56. The minimum Gasteiger partial charge on any atom is -0.481 e. The van der Waals surface area contributed by atoms with E-state index < -0.39 is 110 Å². The molecule has 1 aliphatic rings. The van der Waals surface area contributed by atoms with Gasteiger partial charge in [0.1, 0.15) is 30.9 Å². The fourth-order valence-corrected chi connectivity index (χ4v) is 9.56. The topological polar surface area (TPSA) is 261 Å². The lowest BCUT2D eigenvalue weighted by Crippen LogP contribution is -2.66. The van der Waals surface area contributed by atoms with Crippen molar-refractivity contribution >= 4 is 41.7 Å². The molecular formula is C58H104N2O15. The number of carbonyl (C=O) groups is 7. The number of nitrogens with one attached hydrogen (secondary N) is 2. The molecule has 436 valence electrons. The number of carbonyl (C=O) groups excluding carboxylic acids is 4. The number of carboxylic acids is 3. The van der Waals surface area contributed by atoms with E-state index in [-0.39, 0.29) is 25.7 Å². The second kappa shape index (κ2) is 46.3. The lowest BCUT2D eigenvalue weighted by Gasteiger charge is -2.44. The number of ether oxygens (including phenoxy) is 4. The van der Waals surface area contributed by atoms with Crippen LogP contribution in [0.1, 0.15) is 278 Å². The summed E-state index contributed by atoms with van der Waals surface area (Å²) in [5.74, 6) is -6.63. The van der Waals surface area contributed by atoms with E-state index in [1.165, 1.54) is 109 Å². The molecule has 1 aliphatic heterocycles. The maximum Gasteiger partial charge on any atom is 0.328 e. The summed E-state index contributed by atoms with van der Waals surface area (Å²) in [4.78, 5) is 89.3. The lowest BCUT2D eigenvalue weighted by molar-refractivity contribution is -0.286. The van der Waals surface area contributed by atoms with Crippen LogP contribution in [0.25, 0.3) is 0 Å². The van der Waals surface area contributed by atoms with E-state index in [9.17, 15) is 54.0 Å². The maximum absolute atomic E-state index is 13.6. The molecule has 17 heteroatoms. The Balaban J connectivity index is 3.21. The van der Waals surface area contributed by atoms with Crippen LogP contribution < -0.4 is 10.6 Å². The molecule has 1 heterocycles. The minimum absolute atomic E-state index is 0.0174. The van der Waals surface area contributed by atoms with Crippen LogP contribution in [0.15, 0.2) is 0 Å². The first-order valence-corrected chi connectivity index (χ1v) is 29.8. The predicted octanol–water partition coefficient (Wildman–Crippen LogP) is 11.8. The highest BCUT2D eigenvalue weighted by atomic mass is 16.7. The Bertz CT molecular complexity index is 1510. The third-order valence-electron chi connectivity index (χ3n) is 14.1. The number of amides is 2. The number of rotatable bonds is 51. The molecule has 1 saturated heterocycles. The molecule has 0 unspecified atom stereocenters. The van der Waals surface area contributed by atoms with E-state index in [0.717, 1.165) is 83.5 Å². The Labute approximate surface area is 450 Å². The number of esters is 2. The van der Waals surface area contributed by atoms with Gasteiger partial charge >= 0.3 is 29.8 Å². The van der Waals surface area contributed by atoms with Crippen LogP contribution in [0.4, 0.5) is 0 Å². The van der Waals surface area contributed by atoms with Gasteiger partial charge in [-0.2, -0.15) is 0 Å². The Morgan fingerprint density at radius 3 is 1.28 bits per heavy atom. The first-order valence-electron chi connectivity index (χ1n) is 29.8. The van der Waals surface area contributed by atoms with Crippen molar-refractivity contribution in [1.29, 1.82) is 0 Å². The maximum atomic E-state index is 13.6. The van der Waals surface area contributed by atoms with Gasteiger partial charge in [-0.3, -0.25) is 28.8 Å². The number of unbranched alkanes of at least 4 members (excludes halogenated alkanes) is 30. The second-order valence-electron chi connectivity index (χ2n) is 21.1. The summed E-state index contributed by atoms with van der Waals surface area (Å²) >= 11 is 0. The van der Waals surface area contributed by atoms with E-state index in [1.807, 2.05) is 0 Å². The number of aliphatic hydroxyl groups excluding tert-OH is 1. The van der Waals surface area contributed by atoms with Crippen molar-refractivity contribution in [2.75, 3.05) is 6.61 Å². The van der Waals surface area contributed by atoms with E-state index in [2.05, 4.69) is 31.4 Å². The van der Waals surface area contributed by atoms with Crippen molar-refractivity contribution in [2.45, 2.75) is 320 Å². The van der Waals surface area contributed by atoms with Gasteiger partial charge in [0.15, 0.2) is 12.4 Å². The van der Waals surface area contributed by atoms with Crippen LogP contribution >= 0.6 is 0 Å². The summed E-state index contributed by atoms with van der Waals surface area (Å²) in [6.45, 7) is 5.85. The van der Waals surface area contributed by atoms with Crippen LogP contribution in [0.2, 0.25) is 0 Å². The Hall–Kier alpha value is -3.83. The van der Waals surface area contributed by atoms with Crippen LogP contribution in [-0.4, -0.2) is 111 Å². The third-order valence-corrected chi connectivity index (χ3v) is 14.1. The van der Waals surface area contributed by atoms with Gasteiger partial charge in [0.05, 0.1) is 18.9 Å². The summed E-state index contributed by atoms with van der Waals surface area (Å²) in [6.07, 6.45) is 25.1. The van der Waals surface area contributed by atoms with Crippen molar-refractivity contribution in [1.82, 2.24) is 10.6 Å². The second-order valence-corrected chi connectivity index (χ2v) is 21.1. The van der Waals surface area contributed by atoms with E-state index in [1.54, 1.807) is 0 Å². The predicted molar refractivity (Wildman–Crippen MR) is 289 cm³/mol. The highest BCUT2D eigenvalue weighted by Crippen LogP contribution is 2.29. The van der Waals surface area contributed by atoms with Gasteiger partial charge in [-0.15, -0.1) is 0 Å². The van der Waals surface area contributed by atoms with Gasteiger partial charge in [-0.25, -0.2) is 4.79 Å². The standard InChI is InChI=1S/C58H104N2O15/c1-4-7-10-13-16-19-22-25-28-31-34-37-48(61)59-46(40-41-50(63)64)57(71)72-44-47-55(70)56(75-53(69)39-36-33-30-27-24-21-18-15-12-9-6-3)54(58(74-47)73-45(42-51(65)66)43-52(67)68)60-49(62)38-35-32-29-26-23-20-17-14-11-8-5-2/h45-47,54-56,58,70H,4-44H2,1-3H3,(H,59,61)(H,60,62)(H,63,64)(H,65,66)(H,67,68)/t46-,47+,54+,55+,56+,58-/m0/s1. The first kappa shape index (κ1) is 69.2. The molecule has 0 aromatic rings. The molecule has 0 bridgehead atoms. The van der Waals surface area contributed by atoms with E-state index in [0.29, 0.717) is 19.3 Å². The molecule has 0 radical (unpaired) electrons. The number of aliphatic carboxylic acids is 3. The summed E-state index contributed by atoms with van der Waals surface area (Å²) < 4.78 is 23.6. The Kier molecular flexibility index (Phi) is 42.7. The molecule has 0 spiro atoms. The largest absolute Gasteiger partial charge is 0.481 e. The van der Waals surface area contributed by atoms with Gasteiger partial charge in [-0.1, -0.05) is 213 Å². The summed E-state index contributed by atoms with van der Waals surface area (Å²) in [5.41, 5.74) is 0. The highest BCUT2D eigenvalue weighted by Gasteiger charge is 2.50. The van der Waals surface area contributed by atoms with Crippen LogP contribution in [-0.2, 0) is 52.5 Å². The van der Waals surface area contributed by atoms with E-state index >= 15 is 0 Å². The molecule has 75 heavy (non-hydrogen) atoms.